The van der Waals surface area contributed by atoms with E-state index in [0.717, 1.165) is 6.42 Å². The van der Waals surface area contributed by atoms with Gasteiger partial charge in [-0.3, -0.25) is 0 Å². The third kappa shape index (κ3) is 2.88. The summed E-state index contributed by atoms with van der Waals surface area (Å²) in [5, 5.41) is 0. The van der Waals surface area contributed by atoms with E-state index in [1.54, 1.807) is 0 Å². The van der Waals surface area contributed by atoms with Crippen molar-refractivity contribution < 1.29 is 18.3 Å². The molecule has 0 spiro atoms. The second-order valence-corrected chi connectivity index (χ2v) is 4.54. The van der Waals surface area contributed by atoms with Crippen molar-refractivity contribution in [2.45, 2.75) is 26.4 Å². The Bertz CT molecular complexity index is 469. The average molecular weight is 254 g/mol. The molecule has 1 atom stereocenters. The van der Waals surface area contributed by atoms with Gasteiger partial charge in [0.25, 0.3) is 0 Å². The maximum atomic E-state index is 13.5. The molecule has 0 amide bonds. The Hall–Kier alpha value is -1.42. The summed E-state index contributed by atoms with van der Waals surface area (Å²) in [6.45, 7) is 4.30. The van der Waals surface area contributed by atoms with Gasteiger partial charge < -0.3 is 9.47 Å². The van der Waals surface area contributed by atoms with Gasteiger partial charge in [0.1, 0.15) is 6.61 Å². The highest BCUT2D eigenvalue weighted by molar-refractivity contribution is 5.30. The number of aryl methyl sites for hydroxylation is 1. The molecular formula is C14H16F2O2. The van der Waals surface area contributed by atoms with E-state index in [-0.39, 0.29) is 24.0 Å². The minimum Gasteiger partial charge on any atom is -0.488 e. The molecule has 0 radical (unpaired) electrons. The predicted molar refractivity (Wildman–Crippen MR) is 64.7 cm³/mol. The number of benzene rings is 1. The molecule has 0 N–H and O–H groups in total. The molecule has 1 aromatic rings. The Morgan fingerprint density at radius 1 is 1.28 bits per heavy atom. The van der Waals surface area contributed by atoms with Crippen molar-refractivity contribution >= 4 is 0 Å². The Labute approximate surface area is 105 Å². The van der Waals surface area contributed by atoms with Crippen LogP contribution in [0.3, 0.4) is 0 Å². The first-order valence-electron chi connectivity index (χ1n) is 5.92. The van der Waals surface area contributed by atoms with Crippen molar-refractivity contribution in [2.24, 2.45) is 0 Å². The van der Waals surface area contributed by atoms with E-state index >= 15 is 0 Å². The van der Waals surface area contributed by atoms with Gasteiger partial charge in [-0.25, -0.2) is 4.39 Å². The third-order valence-corrected chi connectivity index (χ3v) is 2.94. The van der Waals surface area contributed by atoms with Crippen molar-refractivity contribution in [3.63, 3.8) is 0 Å². The van der Waals surface area contributed by atoms with Crippen LogP contribution in [0.15, 0.2) is 23.8 Å². The van der Waals surface area contributed by atoms with Crippen LogP contribution in [-0.4, -0.2) is 19.3 Å². The van der Waals surface area contributed by atoms with Crippen molar-refractivity contribution in [2.75, 3.05) is 13.2 Å². The Morgan fingerprint density at radius 3 is 2.72 bits per heavy atom. The van der Waals surface area contributed by atoms with Crippen LogP contribution in [0.25, 0.3) is 0 Å². The number of ether oxygens (including phenoxy) is 2. The number of rotatable bonds is 3. The van der Waals surface area contributed by atoms with Gasteiger partial charge in [0.05, 0.1) is 12.7 Å². The Balaban J connectivity index is 1.97. The standard InChI is InChI=1S/C14H16F2O2/c1-9-3-5-11(17-7-9)8-18-12-6-4-10(2)13(15)14(12)16/h3-4,6,11H,5,7-8H2,1-2H3. The molecule has 0 fully saturated rings. The van der Waals surface area contributed by atoms with Gasteiger partial charge in [-0.1, -0.05) is 17.7 Å². The van der Waals surface area contributed by atoms with Gasteiger partial charge in [-0.2, -0.15) is 4.39 Å². The quantitative estimate of drug-likeness (QED) is 0.770. The topological polar surface area (TPSA) is 18.5 Å². The number of hydrogen-bond acceptors (Lipinski definition) is 2. The monoisotopic (exact) mass is 254 g/mol. The van der Waals surface area contributed by atoms with E-state index in [4.69, 9.17) is 9.47 Å². The van der Waals surface area contributed by atoms with Crippen molar-refractivity contribution in [3.05, 3.63) is 41.0 Å². The van der Waals surface area contributed by atoms with E-state index in [1.165, 1.54) is 24.6 Å². The van der Waals surface area contributed by atoms with Crippen LogP contribution in [0.4, 0.5) is 8.78 Å². The molecule has 4 heteroatoms. The summed E-state index contributed by atoms with van der Waals surface area (Å²) in [5.74, 6) is -1.85. The fraction of sp³-hybridized carbons (Fsp3) is 0.429. The van der Waals surface area contributed by atoms with Gasteiger partial charge in [-0.05, 0) is 31.9 Å². The Kier molecular flexibility index (Phi) is 3.97. The van der Waals surface area contributed by atoms with E-state index in [0.29, 0.717) is 6.61 Å². The first kappa shape index (κ1) is 13.0. The van der Waals surface area contributed by atoms with Gasteiger partial charge in [0.2, 0.25) is 5.82 Å². The van der Waals surface area contributed by atoms with Crippen LogP contribution in [-0.2, 0) is 4.74 Å². The van der Waals surface area contributed by atoms with Gasteiger partial charge in [-0.15, -0.1) is 0 Å². The van der Waals surface area contributed by atoms with Crippen molar-refractivity contribution in [1.29, 1.82) is 0 Å². The van der Waals surface area contributed by atoms with Gasteiger partial charge >= 0.3 is 0 Å². The second kappa shape index (κ2) is 5.48. The molecule has 18 heavy (non-hydrogen) atoms. The van der Waals surface area contributed by atoms with Crippen molar-refractivity contribution in [3.8, 4) is 5.75 Å². The van der Waals surface area contributed by atoms with Crippen molar-refractivity contribution in [1.82, 2.24) is 0 Å². The van der Waals surface area contributed by atoms with Crippen LogP contribution in [0, 0.1) is 18.6 Å². The molecule has 98 valence electrons. The molecule has 2 rings (SSSR count). The molecule has 0 saturated carbocycles. The SMILES string of the molecule is CC1=CCC(COc2ccc(C)c(F)c2F)OC1. The van der Waals surface area contributed by atoms with E-state index in [2.05, 4.69) is 6.08 Å². The van der Waals surface area contributed by atoms with Crippen LogP contribution >= 0.6 is 0 Å². The highest BCUT2D eigenvalue weighted by atomic mass is 19.2. The van der Waals surface area contributed by atoms with Crippen LogP contribution in [0.1, 0.15) is 18.9 Å². The van der Waals surface area contributed by atoms with Crippen LogP contribution < -0.4 is 4.74 Å². The molecule has 0 saturated heterocycles. The van der Waals surface area contributed by atoms with Crippen LogP contribution in [0.5, 0.6) is 5.75 Å². The Morgan fingerprint density at radius 2 is 2.06 bits per heavy atom. The first-order chi connectivity index (χ1) is 8.58. The molecule has 1 heterocycles. The molecule has 1 aromatic carbocycles. The summed E-state index contributed by atoms with van der Waals surface area (Å²) in [6, 6.07) is 2.94. The lowest BCUT2D eigenvalue weighted by atomic mass is 10.1. The second-order valence-electron chi connectivity index (χ2n) is 4.54. The molecule has 0 bridgehead atoms. The van der Waals surface area contributed by atoms with Gasteiger partial charge in [0.15, 0.2) is 11.6 Å². The van der Waals surface area contributed by atoms with E-state index in [1.807, 2.05) is 6.92 Å². The largest absolute Gasteiger partial charge is 0.488 e. The van der Waals surface area contributed by atoms with Crippen LogP contribution in [0.2, 0.25) is 0 Å². The summed E-state index contributed by atoms with van der Waals surface area (Å²) in [4.78, 5) is 0. The lowest BCUT2D eigenvalue weighted by Crippen LogP contribution is -2.25. The molecule has 0 aliphatic carbocycles. The molecule has 2 nitrogen and oxygen atoms in total. The smallest absolute Gasteiger partial charge is 0.200 e. The maximum Gasteiger partial charge on any atom is 0.200 e. The number of hydrogen-bond donors (Lipinski definition) is 0. The highest BCUT2D eigenvalue weighted by Crippen LogP contribution is 2.23. The molecular weight excluding hydrogens is 238 g/mol. The van der Waals surface area contributed by atoms with E-state index < -0.39 is 11.6 Å². The molecule has 1 unspecified atom stereocenters. The maximum absolute atomic E-state index is 13.5. The first-order valence-corrected chi connectivity index (χ1v) is 5.92. The summed E-state index contributed by atoms with van der Waals surface area (Å²) >= 11 is 0. The summed E-state index contributed by atoms with van der Waals surface area (Å²) in [5.41, 5.74) is 1.45. The lowest BCUT2D eigenvalue weighted by Gasteiger charge is -2.21. The third-order valence-electron chi connectivity index (χ3n) is 2.94. The fourth-order valence-electron chi connectivity index (χ4n) is 1.75. The summed E-state index contributed by atoms with van der Waals surface area (Å²) < 4.78 is 37.6. The molecule has 1 aliphatic rings. The van der Waals surface area contributed by atoms with Gasteiger partial charge in [0, 0.05) is 0 Å². The summed E-state index contributed by atoms with van der Waals surface area (Å²) in [6.07, 6.45) is 2.71. The zero-order chi connectivity index (χ0) is 13.1. The normalized spacial score (nSPS) is 19.6. The lowest BCUT2D eigenvalue weighted by molar-refractivity contribution is 0.0259. The minimum absolute atomic E-state index is 0.0621. The molecule has 0 aromatic heterocycles. The highest BCUT2D eigenvalue weighted by Gasteiger charge is 2.16. The average Bonchev–Trinajstić information content (AvgIpc) is 2.37. The van der Waals surface area contributed by atoms with E-state index in [9.17, 15) is 8.78 Å². The number of halogens is 2. The summed E-state index contributed by atoms with van der Waals surface area (Å²) in [7, 11) is 0. The predicted octanol–water partition coefficient (Wildman–Crippen LogP) is 3.39. The zero-order valence-corrected chi connectivity index (χ0v) is 10.5. The molecule has 1 aliphatic heterocycles. The zero-order valence-electron chi connectivity index (χ0n) is 10.5. The fourth-order valence-corrected chi connectivity index (χ4v) is 1.75. The minimum atomic E-state index is -0.933.